The number of nitrogens with zero attached hydrogens (tertiary/aromatic N) is 3. The molecule has 0 saturated carbocycles. The molecule has 0 radical (unpaired) electrons. The zero-order valence-electron chi connectivity index (χ0n) is 14.8. The van der Waals surface area contributed by atoms with Gasteiger partial charge in [0.15, 0.2) is 0 Å². The van der Waals surface area contributed by atoms with Crippen molar-refractivity contribution < 1.29 is 4.92 Å². The van der Waals surface area contributed by atoms with Gasteiger partial charge < -0.3 is 5.32 Å². The third kappa shape index (κ3) is 3.13. The van der Waals surface area contributed by atoms with Crippen LogP contribution in [0.25, 0.3) is 21.3 Å². The van der Waals surface area contributed by atoms with Crippen LogP contribution < -0.4 is 5.32 Å². The average molecular weight is 376 g/mol. The van der Waals surface area contributed by atoms with Crippen molar-refractivity contribution in [2.45, 2.75) is 13.8 Å². The largest absolute Gasteiger partial charge is 0.339 e. The summed E-state index contributed by atoms with van der Waals surface area (Å²) in [6, 6.07) is 12.7. The lowest BCUT2D eigenvalue weighted by Gasteiger charge is -2.13. The molecule has 134 valence electrons. The lowest BCUT2D eigenvalue weighted by Crippen LogP contribution is -1.99. The summed E-state index contributed by atoms with van der Waals surface area (Å²) in [6.07, 6.45) is 1.53. The number of aromatic nitrogens is 2. The van der Waals surface area contributed by atoms with Crippen molar-refractivity contribution in [3.05, 3.63) is 75.4 Å². The van der Waals surface area contributed by atoms with E-state index in [2.05, 4.69) is 15.3 Å². The maximum Gasteiger partial charge on any atom is 0.270 e. The maximum absolute atomic E-state index is 11.1. The fraction of sp³-hybridized carbons (Fsp3) is 0.100. The molecular weight excluding hydrogens is 360 g/mol. The molecule has 0 fully saturated rings. The van der Waals surface area contributed by atoms with Gasteiger partial charge in [-0.3, -0.25) is 10.1 Å². The number of fused-ring (bicyclic) bond motifs is 1. The number of anilines is 2. The van der Waals surface area contributed by atoms with Crippen molar-refractivity contribution in [2.75, 3.05) is 5.32 Å². The van der Waals surface area contributed by atoms with Crippen LogP contribution in [0.4, 0.5) is 17.2 Å². The van der Waals surface area contributed by atoms with Crippen LogP contribution in [-0.2, 0) is 0 Å². The molecule has 0 spiro atoms. The van der Waals surface area contributed by atoms with E-state index in [1.165, 1.54) is 23.7 Å². The van der Waals surface area contributed by atoms with Crippen LogP contribution in [0, 0.1) is 24.0 Å². The highest BCUT2D eigenvalue weighted by molar-refractivity contribution is 7.17. The van der Waals surface area contributed by atoms with E-state index in [-0.39, 0.29) is 10.6 Å². The summed E-state index contributed by atoms with van der Waals surface area (Å²) in [5.41, 5.74) is 4.97. The fourth-order valence-corrected chi connectivity index (χ4v) is 4.02. The number of thiophene rings is 1. The van der Waals surface area contributed by atoms with E-state index in [1.54, 1.807) is 12.1 Å². The van der Waals surface area contributed by atoms with Crippen LogP contribution >= 0.6 is 11.3 Å². The summed E-state index contributed by atoms with van der Waals surface area (Å²) in [5, 5.41) is 17.4. The predicted molar refractivity (Wildman–Crippen MR) is 109 cm³/mol. The lowest BCUT2D eigenvalue weighted by molar-refractivity contribution is -0.384. The number of para-hydroxylation sites is 1. The maximum atomic E-state index is 11.1. The van der Waals surface area contributed by atoms with E-state index in [0.717, 1.165) is 38.2 Å². The Balaban J connectivity index is 1.88. The van der Waals surface area contributed by atoms with E-state index >= 15 is 0 Å². The standard InChI is InChI=1S/C20H16N4O2S/c1-12-5-3-6-13(2)18(12)23-19-17-16(10-27-20(17)22-11-21-19)14-7-4-8-15(9-14)24(25)26/h3-11H,1-2H3,(H,21,22,23). The van der Waals surface area contributed by atoms with Crippen LogP contribution in [0.1, 0.15) is 11.1 Å². The van der Waals surface area contributed by atoms with Crippen molar-refractivity contribution in [3.63, 3.8) is 0 Å². The van der Waals surface area contributed by atoms with Gasteiger partial charge in [-0.2, -0.15) is 0 Å². The van der Waals surface area contributed by atoms with Crippen molar-refractivity contribution >= 4 is 38.7 Å². The second-order valence-electron chi connectivity index (χ2n) is 6.25. The highest BCUT2D eigenvalue weighted by Gasteiger charge is 2.16. The molecule has 0 aliphatic carbocycles. The summed E-state index contributed by atoms with van der Waals surface area (Å²) < 4.78 is 0. The number of nitrogens with one attached hydrogen (secondary N) is 1. The fourth-order valence-electron chi connectivity index (χ4n) is 3.10. The van der Waals surface area contributed by atoms with Gasteiger partial charge in [-0.25, -0.2) is 9.97 Å². The number of benzene rings is 2. The Hall–Kier alpha value is -3.32. The Morgan fingerprint density at radius 3 is 2.56 bits per heavy atom. The minimum Gasteiger partial charge on any atom is -0.339 e. The number of rotatable bonds is 4. The molecule has 4 rings (SSSR count). The van der Waals surface area contributed by atoms with E-state index < -0.39 is 0 Å². The number of nitro benzene ring substituents is 1. The molecule has 1 N–H and O–H groups in total. The SMILES string of the molecule is Cc1cccc(C)c1Nc1ncnc2scc(-c3cccc([N+](=O)[O-])c3)c12. The molecule has 0 unspecified atom stereocenters. The minimum absolute atomic E-state index is 0.0629. The van der Waals surface area contributed by atoms with Crippen molar-refractivity contribution in [3.8, 4) is 11.1 Å². The van der Waals surface area contributed by atoms with Crippen LogP contribution in [0.15, 0.2) is 54.2 Å². The van der Waals surface area contributed by atoms with E-state index in [9.17, 15) is 10.1 Å². The molecule has 0 atom stereocenters. The molecule has 4 aromatic rings. The molecule has 2 aromatic heterocycles. The monoisotopic (exact) mass is 376 g/mol. The number of non-ortho nitro benzene ring substituents is 1. The molecule has 0 bridgehead atoms. The lowest BCUT2D eigenvalue weighted by atomic mass is 10.0. The third-order valence-corrected chi connectivity index (χ3v) is 5.35. The molecule has 0 amide bonds. The first-order valence-corrected chi connectivity index (χ1v) is 9.23. The summed E-state index contributed by atoms with van der Waals surface area (Å²) in [4.78, 5) is 20.4. The normalized spacial score (nSPS) is 10.9. The molecule has 27 heavy (non-hydrogen) atoms. The smallest absolute Gasteiger partial charge is 0.270 e. The third-order valence-electron chi connectivity index (χ3n) is 4.46. The second kappa shape index (κ2) is 6.77. The zero-order valence-corrected chi connectivity index (χ0v) is 15.6. The minimum atomic E-state index is -0.385. The Labute approximate surface area is 159 Å². The highest BCUT2D eigenvalue weighted by Crippen LogP contribution is 2.38. The Kier molecular flexibility index (Phi) is 4.29. The van der Waals surface area contributed by atoms with Gasteiger partial charge in [0.2, 0.25) is 0 Å². The Bertz CT molecular complexity index is 1150. The second-order valence-corrected chi connectivity index (χ2v) is 7.11. The molecule has 0 aliphatic rings. The first-order valence-electron chi connectivity index (χ1n) is 8.35. The van der Waals surface area contributed by atoms with Crippen LogP contribution in [0.3, 0.4) is 0 Å². The zero-order chi connectivity index (χ0) is 19.0. The van der Waals surface area contributed by atoms with Crippen LogP contribution in [-0.4, -0.2) is 14.9 Å². The molecular formula is C20H16N4O2S. The topological polar surface area (TPSA) is 81.0 Å². The van der Waals surface area contributed by atoms with Crippen molar-refractivity contribution in [1.82, 2.24) is 9.97 Å². The van der Waals surface area contributed by atoms with Gasteiger partial charge in [-0.15, -0.1) is 11.3 Å². The first kappa shape index (κ1) is 17.1. The number of hydrogen-bond donors (Lipinski definition) is 1. The van der Waals surface area contributed by atoms with Gasteiger partial charge in [0.25, 0.3) is 5.69 Å². The van der Waals surface area contributed by atoms with Crippen molar-refractivity contribution in [1.29, 1.82) is 0 Å². The van der Waals surface area contributed by atoms with E-state index in [0.29, 0.717) is 5.82 Å². The molecule has 0 saturated heterocycles. The van der Waals surface area contributed by atoms with E-state index in [1.807, 2.05) is 43.5 Å². The summed E-state index contributed by atoms with van der Waals surface area (Å²) in [7, 11) is 0. The first-order chi connectivity index (χ1) is 13.0. The van der Waals surface area contributed by atoms with Crippen LogP contribution in [0.5, 0.6) is 0 Å². The predicted octanol–water partition coefficient (Wildman–Crippen LogP) is 5.63. The van der Waals surface area contributed by atoms with Crippen LogP contribution in [0.2, 0.25) is 0 Å². The number of aryl methyl sites for hydroxylation is 2. The summed E-state index contributed by atoms with van der Waals surface area (Å²) >= 11 is 1.50. The Morgan fingerprint density at radius 1 is 1.07 bits per heavy atom. The molecule has 6 nitrogen and oxygen atoms in total. The average Bonchev–Trinajstić information content (AvgIpc) is 3.10. The van der Waals surface area contributed by atoms with Gasteiger partial charge >= 0.3 is 0 Å². The molecule has 2 aromatic carbocycles. The number of hydrogen-bond acceptors (Lipinski definition) is 6. The van der Waals surface area contributed by atoms with E-state index in [4.69, 9.17) is 0 Å². The molecule has 0 aliphatic heterocycles. The van der Waals surface area contributed by atoms with Gasteiger partial charge in [-0.05, 0) is 30.5 Å². The quantitative estimate of drug-likeness (QED) is 0.369. The van der Waals surface area contributed by atoms with Gasteiger partial charge in [0.1, 0.15) is 17.0 Å². The Morgan fingerprint density at radius 2 is 1.81 bits per heavy atom. The highest BCUT2D eigenvalue weighted by atomic mass is 32.1. The summed E-state index contributed by atoms with van der Waals surface area (Å²) in [6.45, 7) is 4.09. The van der Waals surface area contributed by atoms with Gasteiger partial charge in [-0.1, -0.05) is 30.3 Å². The molecule has 2 heterocycles. The van der Waals surface area contributed by atoms with Gasteiger partial charge in [0, 0.05) is 28.8 Å². The number of nitro groups is 1. The molecule has 7 heteroatoms. The van der Waals surface area contributed by atoms with Crippen molar-refractivity contribution in [2.24, 2.45) is 0 Å². The summed E-state index contributed by atoms with van der Waals surface area (Å²) in [5.74, 6) is 0.695. The van der Waals surface area contributed by atoms with Gasteiger partial charge in [0.05, 0.1) is 10.3 Å².